The van der Waals surface area contributed by atoms with Gasteiger partial charge < -0.3 is 21.7 Å². The Morgan fingerprint density at radius 1 is 1.19 bits per heavy atom. The SMILES string of the molecule is Cc1nc(N)nc(NC(C)c2cc3ccc(F)c(C)c3nc2N2CCC(C(N)=O)CC2)n1. The average Bonchev–Trinajstić information content (AvgIpc) is 2.75. The van der Waals surface area contributed by atoms with Crippen LogP contribution in [0.25, 0.3) is 10.9 Å². The number of nitrogen functional groups attached to an aromatic ring is 1. The summed E-state index contributed by atoms with van der Waals surface area (Å²) in [6.07, 6.45) is 1.31. The van der Waals surface area contributed by atoms with Gasteiger partial charge in [0, 0.05) is 35.5 Å². The number of rotatable bonds is 5. The molecule has 1 fully saturated rings. The van der Waals surface area contributed by atoms with Crippen molar-refractivity contribution in [1.29, 1.82) is 0 Å². The van der Waals surface area contributed by atoms with Crippen molar-refractivity contribution in [2.45, 2.75) is 39.7 Å². The molecular weight excluding hydrogens is 411 g/mol. The number of pyridine rings is 1. The molecule has 0 spiro atoms. The Bertz CT molecular complexity index is 1160. The Labute approximate surface area is 185 Å². The fourth-order valence-corrected chi connectivity index (χ4v) is 4.15. The highest BCUT2D eigenvalue weighted by Crippen LogP contribution is 2.34. The molecular formula is C22H27FN8O. The minimum atomic E-state index is -0.293. The number of aromatic nitrogens is 4. The van der Waals surface area contributed by atoms with Crippen molar-refractivity contribution in [3.05, 3.63) is 41.0 Å². The topological polar surface area (TPSA) is 136 Å². The number of nitrogens with one attached hydrogen (secondary N) is 1. The molecule has 4 rings (SSSR count). The number of primary amides is 1. The van der Waals surface area contributed by atoms with Crippen molar-refractivity contribution >= 4 is 34.5 Å². The molecule has 0 radical (unpaired) electrons. The predicted octanol–water partition coefficient (Wildman–Crippen LogP) is 2.63. The first-order valence-electron chi connectivity index (χ1n) is 10.6. The first-order chi connectivity index (χ1) is 15.2. The minimum Gasteiger partial charge on any atom is -0.369 e. The monoisotopic (exact) mass is 438 g/mol. The molecule has 1 atom stereocenters. The van der Waals surface area contributed by atoms with Gasteiger partial charge in [-0.2, -0.15) is 15.0 Å². The van der Waals surface area contributed by atoms with Gasteiger partial charge in [0.15, 0.2) is 0 Å². The van der Waals surface area contributed by atoms with Crippen LogP contribution in [0.3, 0.4) is 0 Å². The number of fused-ring (bicyclic) bond motifs is 1. The summed E-state index contributed by atoms with van der Waals surface area (Å²) < 4.78 is 14.2. The third kappa shape index (κ3) is 4.25. The van der Waals surface area contributed by atoms with Crippen LogP contribution in [0, 0.1) is 25.6 Å². The molecule has 0 saturated carbocycles. The van der Waals surface area contributed by atoms with E-state index >= 15 is 0 Å². The fourth-order valence-electron chi connectivity index (χ4n) is 4.15. The zero-order valence-corrected chi connectivity index (χ0v) is 18.4. The smallest absolute Gasteiger partial charge is 0.228 e. The zero-order chi connectivity index (χ0) is 23.0. The molecule has 9 nitrogen and oxygen atoms in total. The van der Waals surface area contributed by atoms with Crippen LogP contribution in [0.2, 0.25) is 0 Å². The number of hydrogen-bond donors (Lipinski definition) is 3. The normalized spacial score (nSPS) is 15.7. The van der Waals surface area contributed by atoms with E-state index in [0.717, 1.165) is 16.8 Å². The number of hydrogen-bond acceptors (Lipinski definition) is 8. The van der Waals surface area contributed by atoms with Crippen LogP contribution in [0.1, 0.15) is 42.8 Å². The first kappa shape index (κ1) is 21.7. The number of anilines is 3. The molecule has 168 valence electrons. The quantitative estimate of drug-likeness (QED) is 0.553. The largest absolute Gasteiger partial charge is 0.369 e. The Balaban J connectivity index is 1.75. The van der Waals surface area contributed by atoms with E-state index in [1.165, 1.54) is 6.07 Å². The van der Waals surface area contributed by atoms with E-state index in [2.05, 4.69) is 25.2 Å². The lowest BCUT2D eigenvalue weighted by atomic mass is 9.95. The molecule has 1 aliphatic rings. The fraction of sp³-hybridized carbons (Fsp3) is 0.409. The van der Waals surface area contributed by atoms with Crippen LogP contribution in [-0.4, -0.2) is 38.9 Å². The van der Waals surface area contributed by atoms with E-state index in [9.17, 15) is 9.18 Å². The molecule has 3 aromatic rings. The highest BCUT2D eigenvalue weighted by molar-refractivity contribution is 5.85. The molecule has 3 heterocycles. The Hall–Kier alpha value is -3.56. The number of carbonyl (C=O) groups excluding carboxylic acids is 1. The Morgan fingerprint density at radius 2 is 1.91 bits per heavy atom. The van der Waals surface area contributed by atoms with Gasteiger partial charge in [-0.15, -0.1) is 0 Å². The van der Waals surface area contributed by atoms with E-state index < -0.39 is 0 Å². The number of carbonyl (C=O) groups is 1. The van der Waals surface area contributed by atoms with E-state index in [1.54, 1.807) is 19.9 Å². The lowest BCUT2D eigenvalue weighted by molar-refractivity contribution is -0.122. The summed E-state index contributed by atoms with van der Waals surface area (Å²) in [5.41, 5.74) is 13.3. The number of aryl methyl sites for hydroxylation is 2. The van der Waals surface area contributed by atoms with E-state index in [0.29, 0.717) is 48.8 Å². The summed E-state index contributed by atoms with van der Waals surface area (Å²) in [5, 5.41) is 4.12. The first-order valence-corrected chi connectivity index (χ1v) is 10.6. The predicted molar refractivity (Wildman–Crippen MR) is 122 cm³/mol. The second-order valence-electron chi connectivity index (χ2n) is 8.24. The molecule has 32 heavy (non-hydrogen) atoms. The third-order valence-electron chi connectivity index (χ3n) is 5.96. The van der Waals surface area contributed by atoms with Gasteiger partial charge in [0.25, 0.3) is 0 Å². The maximum Gasteiger partial charge on any atom is 0.228 e. The molecule has 1 amide bonds. The molecule has 5 N–H and O–H groups in total. The lowest BCUT2D eigenvalue weighted by Crippen LogP contribution is -2.39. The summed E-state index contributed by atoms with van der Waals surface area (Å²) in [5.74, 6) is 1.07. The highest BCUT2D eigenvalue weighted by Gasteiger charge is 2.27. The van der Waals surface area contributed by atoms with Crippen molar-refractivity contribution in [1.82, 2.24) is 19.9 Å². The Morgan fingerprint density at radius 3 is 2.56 bits per heavy atom. The standard InChI is InChI=1S/C22H27FN8O/c1-11-17(23)5-4-15-10-16(12(2)26-22-28-13(3)27-21(25)30-22)20(29-18(11)15)31-8-6-14(7-9-31)19(24)32/h4-5,10,12,14H,6-9H2,1-3H3,(H2,24,32)(H3,25,26,27,28,30). The van der Waals surface area contributed by atoms with Crippen molar-refractivity contribution < 1.29 is 9.18 Å². The van der Waals surface area contributed by atoms with Crippen LogP contribution >= 0.6 is 0 Å². The molecule has 0 bridgehead atoms. The van der Waals surface area contributed by atoms with Gasteiger partial charge in [0.05, 0.1) is 11.6 Å². The molecule has 1 saturated heterocycles. The number of piperidine rings is 1. The molecule has 2 aromatic heterocycles. The summed E-state index contributed by atoms with van der Waals surface area (Å²) in [4.78, 5) is 31.1. The minimum absolute atomic E-state index is 0.138. The van der Waals surface area contributed by atoms with E-state index in [4.69, 9.17) is 16.5 Å². The maximum atomic E-state index is 14.2. The van der Waals surface area contributed by atoms with Crippen molar-refractivity contribution in [3.8, 4) is 0 Å². The van der Waals surface area contributed by atoms with Crippen molar-refractivity contribution in [2.75, 3.05) is 29.0 Å². The third-order valence-corrected chi connectivity index (χ3v) is 5.96. The number of benzene rings is 1. The van der Waals surface area contributed by atoms with E-state index in [1.807, 2.05) is 13.0 Å². The van der Waals surface area contributed by atoms with Gasteiger partial charge in [-0.25, -0.2) is 9.37 Å². The number of nitrogens with zero attached hydrogens (tertiary/aromatic N) is 5. The molecule has 0 aliphatic carbocycles. The molecule has 10 heteroatoms. The highest BCUT2D eigenvalue weighted by atomic mass is 19.1. The number of amides is 1. The molecule has 1 aliphatic heterocycles. The summed E-state index contributed by atoms with van der Waals surface area (Å²) in [6.45, 7) is 6.73. The second-order valence-corrected chi connectivity index (χ2v) is 8.24. The van der Waals surface area contributed by atoms with Crippen LogP contribution < -0.4 is 21.7 Å². The lowest BCUT2D eigenvalue weighted by Gasteiger charge is -2.34. The zero-order valence-electron chi connectivity index (χ0n) is 18.4. The van der Waals surface area contributed by atoms with Crippen LogP contribution in [-0.2, 0) is 4.79 Å². The second kappa shape index (κ2) is 8.52. The molecule has 1 unspecified atom stereocenters. The van der Waals surface area contributed by atoms with Gasteiger partial charge >= 0.3 is 0 Å². The summed E-state index contributed by atoms with van der Waals surface area (Å²) >= 11 is 0. The maximum absolute atomic E-state index is 14.2. The van der Waals surface area contributed by atoms with Crippen LogP contribution in [0.15, 0.2) is 18.2 Å². The van der Waals surface area contributed by atoms with Crippen molar-refractivity contribution in [2.24, 2.45) is 11.7 Å². The van der Waals surface area contributed by atoms with Crippen molar-refractivity contribution in [3.63, 3.8) is 0 Å². The molecule has 1 aromatic carbocycles. The summed E-state index contributed by atoms with van der Waals surface area (Å²) in [6, 6.07) is 4.98. The average molecular weight is 439 g/mol. The van der Waals surface area contributed by atoms with Gasteiger partial charge in [-0.05, 0) is 51.8 Å². The summed E-state index contributed by atoms with van der Waals surface area (Å²) in [7, 11) is 0. The van der Waals surface area contributed by atoms with E-state index in [-0.39, 0.29) is 29.6 Å². The van der Waals surface area contributed by atoms with Crippen LogP contribution in [0.5, 0.6) is 0 Å². The van der Waals surface area contributed by atoms with Gasteiger partial charge in [-0.1, -0.05) is 0 Å². The number of halogens is 1. The Kier molecular flexibility index (Phi) is 5.77. The number of nitrogens with two attached hydrogens (primary N) is 2. The van der Waals surface area contributed by atoms with Gasteiger partial charge in [-0.3, -0.25) is 4.79 Å². The van der Waals surface area contributed by atoms with Gasteiger partial charge in [0.1, 0.15) is 17.5 Å². The van der Waals surface area contributed by atoms with Gasteiger partial charge in [0.2, 0.25) is 17.8 Å². The van der Waals surface area contributed by atoms with Crippen LogP contribution in [0.4, 0.5) is 22.1 Å².